The second kappa shape index (κ2) is 5.39. The van der Waals surface area contributed by atoms with Crippen molar-refractivity contribution in [3.05, 3.63) is 40.5 Å². The Hall–Kier alpha value is -1.64. The van der Waals surface area contributed by atoms with Crippen LogP contribution in [0.15, 0.2) is 29.4 Å². The summed E-state index contributed by atoms with van der Waals surface area (Å²) in [5.41, 5.74) is 4.90. The zero-order valence-corrected chi connectivity index (χ0v) is 12.0. The third-order valence-electron chi connectivity index (χ3n) is 2.28. The molecule has 1 aromatic heterocycles. The molecule has 0 atom stereocenters. The van der Waals surface area contributed by atoms with E-state index in [0.29, 0.717) is 0 Å². The smallest absolute Gasteiger partial charge is 0.265 e. The van der Waals surface area contributed by atoms with E-state index in [2.05, 4.69) is 14.7 Å². The lowest BCUT2D eigenvalue weighted by atomic mass is 10.3. The number of benzene rings is 1. The van der Waals surface area contributed by atoms with E-state index in [1.165, 1.54) is 6.07 Å². The first kappa shape index (κ1) is 14.8. The molecule has 0 saturated heterocycles. The Morgan fingerprint density at radius 1 is 1.25 bits per heavy atom. The summed E-state index contributed by atoms with van der Waals surface area (Å²) >= 11 is 11.4. The normalized spacial score (nSPS) is 11.3. The topological polar surface area (TPSA) is 98.0 Å². The molecule has 20 heavy (non-hydrogen) atoms. The summed E-state index contributed by atoms with van der Waals surface area (Å²) in [7, 11) is -4.15. The molecule has 106 valence electrons. The van der Waals surface area contributed by atoms with Crippen molar-refractivity contribution in [3.63, 3.8) is 0 Å². The highest BCUT2D eigenvalue weighted by Gasteiger charge is 2.22. The number of hydrogen-bond donors (Lipinski definition) is 2. The van der Waals surface area contributed by atoms with Gasteiger partial charge in [-0.05, 0) is 12.1 Å². The van der Waals surface area contributed by atoms with Crippen molar-refractivity contribution in [2.24, 2.45) is 0 Å². The number of nitrogens with one attached hydrogen (secondary N) is 1. The monoisotopic (exact) mass is 336 g/mol. The minimum Gasteiger partial charge on any atom is -0.395 e. The van der Waals surface area contributed by atoms with Gasteiger partial charge in [0.1, 0.15) is 22.1 Å². The Labute approximate surface area is 123 Å². The van der Waals surface area contributed by atoms with Crippen LogP contribution in [0.2, 0.25) is 10.2 Å². The zero-order chi connectivity index (χ0) is 14.9. The van der Waals surface area contributed by atoms with Gasteiger partial charge in [0.2, 0.25) is 0 Å². The summed E-state index contributed by atoms with van der Waals surface area (Å²) in [5, 5.41) is -0.292. The molecule has 2 aromatic rings. The lowest BCUT2D eigenvalue weighted by molar-refractivity contribution is 0.597. The first-order valence-electron chi connectivity index (χ1n) is 5.05. The number of para-hydroxylation sites is 1. The summed E-state index contributed by atoms with van der Waals surface area (Å²) in [4.78, 5) is 6.80. The molecule has 0 radical (unpaired) electrons. The number of nitrogen functional groups attached to an aromatic ring is 1. The quantitative estimate of drug-likeness (QED) is 0.662. The molecular weight excluding hydrogens is 330 g/mol. The first-order chi connectivity index (χ1) is 9.33. The van der Waals surface area contributed by atoms with Crippen molar-refractivity contribution in [3.8, 4) is 0 Å². The Kier molecular flexibility index (Phi) is 3.98. The van der Waals surface area contributed by atoms with Gasteiger partial charge in [0.05, 0.1) is 5.69 Å². The number of anilines is 2. The summed E-state index contributed by atoms with van der Waals surface area (Å²) in [5.74, 6) is -1.07. The number of halogens is 3. The van der Waals surface area contributed by atoms with Gasteiger partial charge in [-0.15, -0.1) is 0 Å². The minimum atomic E-state index is -4.15. The van der Waals surface area contributed by atoms with Crippen LogP contribution in [-0.2, 0) is 10.0 Å². The van der Waals surface area contributed by atoms with E-state index in [0.717, 1.165) is 18.5 Å². The third kappa shape index (κ3) is 2.77. The molecular formula is C10H7Cl2FN4O2S. The van der Waals surface area contributed by atoms with E-state index >= 15 is 0 Å². The molecule has 1 heterocycles. The standard InChI is InChI=1S/C10H7Cl2FN4O2S/c11-7-9(12)15-4-16-10(7)17-20(18,19)6-3-1-2-5(13)8(6)14/h1-4H,14H2,(H,15,16,17). The summed E-state index contributed by atoms with van der Waals surface area (Å²) in [6, 6.07) is 3.41. The Morgan fingerprint density at radius 3 is 2.65 bits per heavy atom. The highest BCUT2D eigenvalue weighted by molar-refractivity contribution is 7.92. The second-order valence-electron chi connectivity index (χ2n) is 3.58. The maximum absolute atomic E-state index is 13.3. The molecule has 10 heteroatoms. The van der Waals surface area contributed by atoms with E-state index in [4.69, 9.17) is 28.9 Å². The van der Waals surface area contributed by atoms with Crippen LogP contribution in [0, 0.1) is 5.82 Å². The van der Waals surface area contributed by atoms with Gasteiger partial charge >= 0.3 is 0 Å². The van der Waals surface area contributed by atoms with E-state index in [1.807, 2.05) is 0 Å². The number of nitrogens with zero attached hydrogens (tertiary/aromatic N) is 2. The van der Waals surface area contributed by atoms with Crippen LogP contribution in [0.4, 0.5) is 15.9 Å². The Bertz CT molecular complexity index is 770. The van der Waals surface area contributed by atoms with Gasteiger partial charge in [-0.3, -0.25) is 4.72 Å². The van der Waals surface area contributed by atoms with Crippen molar-refractivity contribution in [2.75, 3.05) is 10.5 Å². The Balaban J connectivity index is 2.47. The molecule has 0 aliphatic carbocycles. The van der Waals surface area contributed by atoms with Crippen molar-refractivity contribution in [1.82, 2.24) is 9.97 Å². The fraction of sp³-hybridized carbons (Fsp3) is 0. The van der Waals surface area contributed by atoms with Crippen LogP contribution in [-0.4, -0.2) is 18.4 Å². The van der Waals surface area contributed by atoms with E-state index in [1.54, 1.807) is 0 Å². The SMILES string of the molecule is Nc1c(F)cccc1S(=O)(=O)Nc1ncnc(Cl)c1Cl. The number of rotatable bonds is 3. The number of sulfonamides is 1. The maximum atomic E-state index is 13.3. The van der Waals surface area contributed by atoms with Crippen LogP contribution in [0.3, 0.4) is 0 Å². The van der Waals surface area contributed by atoms with E-state index in [-0.39, 0.29) is 16.0 Å². The predicted molar refractivity (Wildman–Crippen MR) is 73.7 cm³/mol. The number of hydrogen-bond acceptors (Lipinski definition) is 5. The average molecular weight is 337 g/mol. The predicted octanol–water partition coefficient (Wildman–Crippen LogP) is 2.31. The van der Waals surface area contributed by atoms with Crippen molar-refractivity contribution >= 4 is 44.7 Å². The summed E-state index contributed by atoms with van der Waals surface area (Å²) in [6.45, 7) is 0. The molecule has 0 saturated carbocycles. The van der Waals surface area contributed by atoms with Gasteiger partial charge in [0.25, 0.3) is 10.0 Å². The van der Waals surface area contributed by atoms with Gasteiger partial charge < -0.3 is 5.73 Å². The molecule has 0 amide bonds. The fourth-order valence-corrected chi connectivity index (χ4v) is 2.85. The molecule has 0 spiro atoms. The highest BCUT2D eigenvalue weighted by Crippen LogP contribution is 2.29. The van der Waals surface area contributed by atoms with Crippen LogP contribution in [0.5, 0.6) is 0 Å². The van der Waals surface area contributed by atoms with Crippen molar-refractivity contribution < 1.29 is 12.8 Å². The van der Waals surface area contributed by atoms with Gasteiger partial charge in [0.15, 0.2) is 11.0 Å². The van der Waals surface area contributed by atoms with Crippen LogP contribution in [0.25, 0.3) is 0 Å². The first-order valence-corrected chi connectivity index (χ1v) is 7.29. The molecule has 2 rings (SSSR count). The zero-order valence-electron chi connectivity index (χ0n) is 9.64. The lowest BCUT2D eigenvalue weighted by Crippen LogP contribution is -2.16. The van der Waals surface area contributed by atoms with Gasteiger partial charge in [-0.2, -0.15) is 0 Å². The van der Waals surface area contributed by atoms with Crippen molar-refractivity contribution in [1.29, 1.82) is 0 Å². The lowest BCUT2D eigenvalue weighted by Gasteiger charge is -2.10. The minimum absolute atomic E-state index is 0.119. The number of aromatic nitrogens is 2. The van der Waals surface area contributed by atoms with E-state index in [9.17, 15) is 12.8 Å². The molecule has 0 aliphatic heterocycles. The van der Waals surface area contributed by atoms with Crippen LogP contribution in [0.1, 0.15) is 0 Å². The van der Waals surface area contributed by atoms with Gasteiger partial charge in [0, 0.05) is 0 Å². The maximum Gasteiger partial charge on any atom is 0.265 e. The third-order valence-corrected chi connectivity index (χ3v) is 4.42. The van der Waals surface area contributed by atoms with E-state index < -0.39 is 26.4 Å². The second-order valence-corrected chi connectivity index (χ2v) is 5.97. The summed E-state index contributed by atoms with van der Waals surface area (Å²) < 4.78 is 39.6. The summed E-state index contributed by atoms with van der Waals surface area (Å²) in [6.07, 6.45) is 1.03. The van der Waals surface area contributed by atoms with Crippen molar-refractivity contribution in [2.45, 2.75) is 4.90 Å². The average Bonchev–Trinajstić information content (AvgIpc) is 2.38. The Morgan fingerprint density at radius 2 is 1.95 bits per heavy atom. The highest BCUT2D eigenvalue weighted by atomic mass is 35.5. The van der Waals surface area contributed by atoms with Gasteiger partial charge in [-0.1, -0.05) is 29.3 Å². The molecule has 0 aliphatic rings. The molecule has 6 nitrogen and oxygen atoms in total. The number of nitrogens with two attached hydrogens (primary N) is 1. The van der Waals surface area contributed by atoms with Crippen LogP contribution >= 0.6 is 23.2 Å². The molecule has 0 unspecified atom stereocenters. The van der Waals surface area contributed by atoms with Gasteiger partial charge in [-0.25, -0.2) is 22.8 Å². The molecule has 0 bridgehead atoms. The molecule has 3 N–H and O–H groups in total. The molecule has 1 aromatic carbocycles. The van der Waals surface area contributed by atoms with Crippen LogP contribution < -0.4 is 10.5 Å². The fourth-order valence-electron chi connectivity index (χ4n) is 1.35. The molecule has 0 fully saturated rings. The largest absolute Gasteiger partial charge is 0.395 e.